The molecule has 16 heavy (non-hydrogen) atoms. The number of hydrogen-bond acceptors (Lipinski definition) is 1. The van der Waals surface area contributed by atoms with Crippen molar-refractivity contribution in [3.63, 3.8) is 0 Å². The second-order valence-corrected chi connectivity index (χ2v) is 4.80. The van der Waals surface area contributed by atoms with Gasteiger partial charge in [-0.05, 0) is 36.8 Å². The minimum absolute atomic E-state index is 0.349. The number of hydrogen-bond donors (Lipinski definition) is 0. The molecule has 1 aliphatic carbocycles. The predicted octanol–water partition coefficient (Wildman–Crippen LogP) is 2.69. The van der Waals surface area contributed by atoms with E-state index in [0.717, 1.165) is 25.8 Å². The van der Waals surface area contributed by atoms with E-state index in [0.29, 0.717) is 11.9 Å². The van der Waals surface area contributed by atoms with Gasteiger partial charge in [-0.15, -0.1) is 0 Å². The second-order valence-electron chi connectivity index (χ2n) is 4.80. The first kappa shape index (κ1) is 9.88. The van der Waals surface area contributed by atoms with Crippen LogP contribution in [0.25, 0.3) is 0 Å². The third-order valence-corrected chi connectivity index (χ3v) is 3.82. The Bertz CT molecular complexity index is 413. The fraction of sp³-hybridized carbons (Fsp3) is 0.500. The van der Waals surface area contributed by atoms with Gasteiger partial charge >= 0.3 is 0 Å². The van der Waals surface area contributed by atoms with Crippen LogP contribution in [-0.4, -0.2) is 17.4 Å². The van der Waals surface area contributed by atoms with Crippen molar-refractivity contribution in [2.75, 3.05) is 6.54 Å². The number of carbonyl (C=O) groups excluding carboxylic acids is 1. The van der Waals surface area contributed by atoms with Crippen LogP contribution in [0.1, 0.15) is 42.9 Å². The molecule has 0 radical (unpaired) electrons. The summed E-state index contributed by atoms with van der Waals surface area (Å²) in [6.45, 7) is 0.956. The quantitative estimate of drug-likeness (QED) is 0.705. The molecule has 2 aliphatic rings. The Hall–Kier alpha value is -1.31. The average molecular weight is 215 g/mol. The van der Waals surface area contributed by atoms with Gasteiger partial charge < -0.3 is 4.90 Å². The highest BCUT2D eigenvalue weighted by Crippen LogP contribution is 2.36. The van der Waals surface area contributed by atoms with E-state index in [1.165, 1.54) is 24.0 Å². The third kappa shape index (κ3) is 1.53. The largest absolute Gasteiger partial charge is 0.336 e. The molecule has 1 aromatic carbocycles. The van der Waals surface area contributed by atoms with Crippen LogP contribution in [0.5, 0.6) is 0 Å². The van der Waals surface area contributed by atoms with Gasteiger partial charge in [-0.3, -0.25) is 4.79 Å². The molecule has 1 saturated heterocycles. The van der Waals surface area contributed by atoms with Crippen molar-refractivity contribution in [3.05, 3.63) is 35.4 Å². The van der Waals surface area contributed by atoms with Crippen molar-refractivity contribution in [3.8, 4) is 0 Å². The molecule has 0 saturated carbocycles. The maximum Gasteiger partial charge on any atom is 0.223 e. The molecule has 3 rings (SSSR count). The molecule has 2 nitrogen and oxygen atoms in total. The highest BCUT2D eigenvalue weighted by atomic mass is 16.2. The van der Waals surface area contributed by atoms with Crippen molar-refractivity contribution >= 4 is 5.91 Å². The molecule has 0 bridgehead atoms. The number of rotatable bonds is 1. The molecule has 2 heteroatoms. The van der Waals surface area contributed by atoms with Crippen molar-refractivity contribution in [1.29, 1.82) is 0 Å². The Balaban J connectivity index is 1.95. The summed E-state index contributed by atoms with van der Waals surface area (Å²) in [5.41, 5.74) is 2.84. The fourth-order valence-electron chi connectivity index (χ4n) is 3.05. The van der Waals surface area contributed by atoms with E-state index < -0.39 is 0 Å². The van der Waals surface area contributed by atoms with E-state index in [4.69, 9.17) is 0 Å². The van der Waals surface area contributed by atoms with Crippen LogP contribution < -0.4 is 0 Å². The third-order valence-electron chi connectivity index (χ3n) is 3.82. The summed E-state index contributed by atoms with van der Waals surface area (Å²) >= 11 is 0. The molecular formula is C14H17NO. The average Bonchev–Trinajstić information content (AvgIpc) is 2.75. The van der Waals surface area contributed by atoms with Crippen molar-refractivity contribution in [2.24, 2.45) is 0 Å². The number of carbonyl (C=O) groups is 1. The SMILES string of the molecule is O=C1CCCN1[C@@H]1CCCc2ccccc21. The number of fused-ring (bicyclic) bond motifs is 1. The molecule has 0 N–H and O–H groups in total. The Morgan fingerprint density at radius 1 is 1.12 bits per heavy atom. The van der Waals surface area contributed by atoms with Gasteiger partial charge in [0.25, 0.3) is 0 Å². The highest BCUT2D eigenvalue weighted by molar-refractivity contribution is 5.78. The lowest BCUT2D eigenvalue weighted by Gasteiger charge is -2.33. The van der Waals surface area contributed by atoms with Gasteiger partial charge in [-0.1, -0.05) is 24.3 Å². The lowest BCUT2D eigenvalue weighted by molar-refractivity contribution is -0.130. The number of likely N-dealkylation sites (tertiary alicyclic amines) is 1. The van der Waals surface area contributed by atoms with Gasteiger partial charge in [0.05, 0.1) is 6.04 Å². The molecule has 0 aromatic heterocycles. The van der Waals surface area contributed by atoms with Crippen molar-refractivity contribution < 1.29 is 4.79 Å². The van der Waals surface area contributed by atoms with Gasteiger partial charge in [-0.2, -0.15) is 0 Å². The monoisotopic (exact) mass is 215 g/mol. The summed E-state index contributed by atoms with van der Waals surface area (Å²) in [7, 11) is 0. The molecule has 0 spiro atoms. The molecule has 0 unspecified atom stereocenters. The zero-order valence-corrected chi connectivity index (χ0v) is 9.48. The Morgan fingerprint density at radius 2 is 2.00 bits per heavy atom. The van der Waals surface area contributed by atoms with Crippen LogP contribution >= 0.6 is 0 Å². The standard InChI is InChI=1S/C14H17NO/c16-14-9-4-10-15(14)13-8-3-6-11-5-1-2-7-12(11)13/h1-2,5,7,13H,3-4,6,8-10H2/t13-/m1/s1. The molecule has 1 atom stereocenters. The van der Waals surface area contributed by atoms with Crippen molar-refractivity contribution in [2.45, 2.75) is 38.1 Å². The zero-order chi connectivity index (χ0) is 11.0. The Labute approximate surface area is 96.3 Å². The van der Waals surface area contributed by atoms with Crippen molar-refractivity contribution in [1.82, 2.24) is 4.90 Å². The molecule has 84 valence electrons. The normalized spacial score (nSPS) is 24.6. The van der Waals surface area contributed by atoms with Gasteiger partial charge in [0, 0.05) is 13.0 Å². The van der Waals surface area contributed by atoms with E-state index in [1.54, 1.807) is 0 Å². The lowest BCUT2D eigenvalue weighted by atomic mass is 9.87. The Morgan fingerprint density at radius 3 is 2.81 bits per heavy atom. The maximum absolute atomic E-state index is 11.8. The summed E-state index contributed by atoms with van der Waals surface area (Å²) in [4.78, 5) is 13.9. The predicted molar refractivity (Wildman–Crippen MR) is 63.1 cm³/mol. The fourth-order valence-corrected chi connectivity index (χ4v) is 3.05. The summed E-state index contributed by atoms with van der Waals surface area (Å²) < 4.78 is 0. The molecule has 1 aliphatic heterocycles. The second kappa shape index (κ2) is 3.93. The van der Waals surface area contributed by atoms with Gasteiger partial charge in [-0.25, -0.2) is 0 Å². The molecule has 1 heterocycles. The van der Waals surface area contributed by atoms with E-state index in [2.05, 4.69) is 29.2 Å². The zero-order valence-electron chi connectivity index (χ0n) is 9.48. The van der Waals surface area contributed by atoms with E-state index in [1.807, 2.05) is 0 Å². The van der Waals surface area contributed by atoms with E-state index >= 15 is 0 Å². The maximum atomic E-state index is 11.8. The van der Waals surface area contributed by atoms with Crippen LogP contribution in [-0.2, 0) is 11.2 Å². The summed E-state index contributed by atoms with van der Waals surface area (Å²) in [5, 5.41) is 0. The molecule has 1 amide bonds. The Kier molecular flexibility index (Phi) is 2.43. The molecule has 1 fully saturated rings. The number of amides is 1. The van der Waals surface area contributed by atoms with Gasteiger partial charge in [0.1, 0.15) is 0 Å². The molecule has 1 aromatic rings. The first-order valence-corrected chi connectivity index (χ1v) is 6.23. The van der Waals surface area contributed by atoms with Crippen LogP contribution in [0.15, 0.2) is 24.3 Å². The van der Waals surface area contributed by atoms with Crippen LogP contribution in [0.2, 0.25) is 0 Å². The number of benzene rings is 1. The number of nitrogens with zero attached hydrogens (tertiary/aromatic N) is 1. The van der Waals surface area contributed by atoms with Crippen LogP contribution in [0.4, 0.5) is 0 Å². The van der Waals surface area contributed by atoms with E-state index in [9.17, 15) is 4.79 Å². The topological polar surface area (TPSA) is 20.3 Å². The smallest absolute Gasteiger partial charge is 0.223 e. The first-order chi connectivity index (χ1) is 7.86. The first-order valence-electron chi connectivity index (χ1n) is 6.23. The summed E-state index contributed by atoms with van der Waals surface area (Å²) in [6, 6.07) is 8.97. The summed E-state index contributed by atoms with van der Waals surface area (Å²) in [6.07, 6.45) is 5.32. The number of aryl methyl sites for hydroxylation is 1. The van der Waals surface area contributed by atoms with Gasteiger partial charge in [0.15, 0.2) is 0 Å². The summed E-state index contributed by atoms with van der Waals surface area (Å²) in [5.74, 6) is 0.349. The minimum atomic E-state index is 0.349. The molecular weight excluding hydrogens is 198 g/mol. The van der Waals surface area contributed by atoms with Gasteiger partial charge in [0.2, 0.25) is 5.91 Å². The van der Waals surface area contributed by atoms with E-state index in [-0.39, 0.29) is 0 Å². The minimum Gasteiger partial charge on any atom is -0.336 e. The van der Waals surface area contributed by atoms with Crippen LogP contribution in [0, 0.1) is 0 Å². The van der Waals surface area contributed by atoms with Crippen LogP contribution in [0.3, 0.4) is 0 Å². The highest BCUT2D eigenvalue weighted by Gasteiger charge is 2.31. The lowest BCUT2D eigenvalue weighted by Crippen LogP contribution is -2.32.